The summed E-state index contributed by atoms with van der Waals surface area (Å²) in [6.07, 6.45) is 2.12. The van der Waals surface area contributed by atoms with Crippen molar-refractivity contribution in [2.45, 2.75) is 33.2 Å². The van der Waals surface area contributed by atoms with Gasteiger partial charge in [0.15, 0.2) is 0 Å². The van der Waals surface area contributed by atoms with Crippen LogP contribution in [0.4, 0.5) is 11.6 Å². The molecule has 0 saturated carbocycles. The van der Waals surface area contributed by atoms with Gasteiger partial charge in [0.05, 0.1) is 7.11 Å². The summed E-state index contributed by atoms with van der Waals surface area (Å²) in [6.45, 7) is 6.84. The van der Waals surface area contributed by atoms with Crippen molar-refractivity contribution < 1.29 is 9.53 Å². The highest BCUT2D eigenvalue weighted by Crippen LogP contribution is 2.27. The number of methoxy groups -OCH3 is 1. The van der Waals surface area contributed by atoms with Gasteiger partial charge in [0.2, 0.25) is 0 Å². The van der Waals surface area contributed by atoms with Crippen LogP contribution in [0.2, 0.25) is 0 Å². The quantitative estimate of drug-likeness (QED) is 0.740. The van der Waals surface area contributed by atoms with Crippen LogP contribution in [0.25, 0.3) is 0 Å². The fourth-order valence-electron chi connectivity index (χ4n) is 1.75. The molecule has 0 amide bonds. The van der Waals surface area contributed by atoms with Crippen molar-refractivity contribution in [1.29, 1.82) is 0 Å². The Hall–Kier alpha value is -1.37. The Morgan fingerprint density at radius 2 is 2.05 bits per heavy atom. The number of halogens is 1. The van der Waals surface area contributed by atoms with E-state index >= 15 is 0 Å². The number of carbonyl (C=O) groups excluding carboxylic acids is 1. The molecule has 1 rings (SSSR count). The Morgan fingerprint density at radius 3 is 2.60 bits per heavy atom. The molecule has 1 aromatic rings. The van der Waals surface area contributed by atoms with Crippen LogP contribution in [0, 0.1) is 5.92 Å². The maximum absolute atomic E-state index is 11.8. The van der Waals surface area contributed by atoms with E-state index in [2.05, 4.69) is 50.4 Å². The van der Waals surface area contributed by atoms with Gasteiger partial charge in [-0.3, -0.25) is 0 Å². The first-order valence-electron chi connectivity index (χ1n) is 6.58. The van der Waals surface area contributed by atoms with Crippen LogP contribution in [-0.4, -0.2) is 35.6 Å². The number of rotatable bonds is 7. The summed E-state index contributed by atoms with van der Waals surface area (Å²) < 4.78 is 5.54. The van der Waals surface area contributed by atoms with Crippen molar-refractivity contribution in [3.8, 4) is 0 Å². The molecular formula is C13H21BrN4O2. The van der Waals surface area contributed by atoms with E-state index in [1.807, 2.05) is 6.92 Å². The van der Waals surface area contributed by atoms with E-state index in [0.717, 1.165) is 6.54 Å². The predicted molar refractivity (Wildman–Crippen MR) is 82.8 cm³/mol. The van der Waals surface area contributed by atoms with Crippen molar-refractivity contribution >= 4 is 33.5 Å². The lowest BCUT2D eigenvalue weighted by atomic mass is 10.0. The van der Waals surface area contributed by atoms with E-state index in [1.54, 1.807) is 0 Å². The third-order valence-electron chi connectivity index (χ3n) is 2.64. The Balaban J connectivity index is 2.93. The zero-order valence-electron chi connectivity index (χ0n) is 12.2. The fourth-order valence-corrected chi connectivity index (χ4v) is 2.21. The fraction of sp³-hybridized carbons (Fsp3) is 0.615. The van der Waals surface area contributed by atoms with E-state index in [4.69, 9.17) is 4.74 Å². The molecule has 7 heteroatoms. The van der Waals surface area contributed by atoms with Gasteiger partial charge in [-0.15, -0.1) is 0 Å². The van der Waals surface area contributed by atoms with Gasteiger partial charge in [-0.2, -0.15) is 0 Å². The van der Waals surface area contributed by atoms with Crippen molar-refractivity contribution in [2.24, 2.45) is 5.92 Å². The average Bonchev–Trinajstić information content (AvgIpc) is 2.41. The molecule has 2 N–H and O–H groups in total. The zero-order valence-corrected chi connectivity index (χ0v) is 13.8. The standard InChI is InChI=1S/C13H21BrN4O2/c1-5-15-11-10(14)12(17-7-16-11)18-9(6-8(2)3)13(19)20-4/h7-9H,5-6H2,1-4H3,(H2,15,16,17,18). The lowest BCUT2D eigenvalue weighted by Crippen LogP contribution is -2.32. The Morgan fingerprint density at radius 1 is 1.40 bits per heavy atom. The third-order valence-corrected chi connectivity index (χ3v) is 3.39. The van der Waals surface area contributed by atoms with Gasteiger partial charge in [-0.25, -0.2) is 14.8 Å². The first-order valence-corrected chi connectivity index (χ1v) is 7.37. The van der Waals surface area contributed by atoms with E-state index in [0.29, 0.717) is 28.4 Å². The van der Waals surface area contributed by atoms with Crippen LogP contribution in [0.5, 0.6) is 0 Å². The number of esters is 1. The summed E-state index contributed by atoms with van der Waals surface area (Å²) in [4.78, 5) is 20.1. The molecule has 6 nitrogen and oxygen atoms in total. The normalized spacial score (nSPS) is 12.1. The Kier molecular flexibility index (Phi) is 6.70. The summed E-state index contributed by atoms with van der Waals surface area (Å²) in [5.41, 5.74) is 0. The van der Waals surface area contributed by atoms with Crippen molar-refractivity contribution in [3.05, 3.63) is 10.8 Å². The van der Waals surface area contributed by atoms with E-state index in [-0.39, 0.29) is 5.97 Å². The Labute approximate surface area is 127 Å². The van der Waals surface area contributed by atoms with Crippen molar-refractivity contribution in [2.75, 3.05) is 24.3 Å². The van der Waals surface area contributed by atoms with Crippen LogP contribution in [0.15, 0.2) is 10.8 Å². The second-order valence-corrected chi connectivity index (χ2v) is 5.56. The maximum atomic E-state index is 11.8. The molecule has 1 atom stereocenters. The average molecular weight is 345 g/mol. The minimum atomic E-state index is -0.430. The monoisotopic (exact) mass is 344 g/mol. The topological polar surface area (TPSA) is 76.1 Å². The number of nitrogens with one attached hydrogen (secondary N) is 2. The summed E-state index contributed by atoms with van der Waals surface area (Å²) in [7, 11) is 1.39. The van der Waals surface area contributed by atoms with Crippen molar-refractivity contribution in [3.63, 3.8) is 0 Å². The summed E-state index contributed by atoms with van der Waals surface area (Å²) in [5, 5.41) is 6.23. The Bertz CT molecular complexity index is 454. The molecule has 0 aliphatic rings. The zero-order chi connectivity index (χ0) is 15.1. The molecule has 112 valence electrons. The molecule has 1 heterocycles. The molecule has 0 aliphatic heterocycles. The molecule has 0 saturated heterocycles. The first kappa shape index (κ1) is 16.7. The van der Waals surface area contributed by atoms with Gasteiger partial charge in [0.25, 0.3) is 0 Å². The van der Waals surface area contributed by atoms with Crippen LogP contribution >= 0.6 is 15.9 Å². The molecular weight excluding hydrogens is 324 g/mol. The highest BCUT2D eigenvalue weighted by molar-refractivity contribution is 9.10. The van der Waals surface area contributed by atoms with Gasteiger partial charge >= 0.3 is 5.97 Å². The minimum Gasteiger partial charge on any atom is -0.467 e. The van der Waals surface area contributed by atoms with Crippen molar-refractivity contribution in [1.82, 2.24) is 9.97 Å². The van der Waals surface area contributed by atoms with E-state index in [9.17, 15) is 4.79 Å². The van der Waals surface area contributed by atoms with Crippen LogP contribution < -0.4 is 10.6 Å². The number of carbonyl (C=O) groups is 1. The highest BCUT2D eigenvalue weighted by atomic mass is 79.9. The summed E-state index contributed by atoms with van der Waals surface area (Å²) >= 11 is 3.45. The number of hydrogen-bond donors (Lipinski definition) is 2. The van der Waals surface area contributed by atoms with Gasteiger partial charge in [0, 0.05) is 6.54 Å². The lowest BCUT2D eigenvalue weighted by Gasteiger charge is -2.20. The molecule has 0 radical (unpaired) electrons. The molecule has 0 fully saturated rings. The summed E-state index contributed by atoms with van der Waals surface area (Å²) in [6, 6.07) is -0.430. The van der Waals surface area contributed by atoms with Crippen LogP contribution in [-0.2, 0) is 9.53 Å². The van der Waals surface area contributed by atoms with Gasteiger partial charge in [-0.05, 0) is 35.2 Å². The second kappa shape index (κ2) is 8.04. The van der Waals surface area contributed by atoms with E-state index < -0.39 is 6.04 Å². The highest BCUT2D eigenvalue weighted by Gasteiger charge is 2.22. The first-order chi connectivity index (χ1) is 9.49. The molecule has 20 heavy (non-hydrogen) atoms. The van der Waals surface area contributed by atoms with Gasteiger partial charge < -0.3 is 15.4 Å². The molecule has 0 aliphatic carbocycles. The third kappa shape index (κ3) is 4.63. The largest absolute Gasteiger partial charge is 0.467 e. The minimum absolute atomic E-state index is 0.297. The maximum Gasteiger partial charge on any atom is 0.328 e. The number of anilines is 2. The molecule has 1 unspecified atom stereocenters. The molecule has 0 bridgehead atoms. The second-order valence-electron chi connectivity index (χ2n) is 4.76. The number of aromatic nitrogens is 2. The van der Waals surface area contributed by atoms with Gasteiger partial charge in [0.1, 0.15) is 28.5 Å². The number of nitrogens with zero attached hydrogens (tertiary/aromatic N) is 2. The van der Waals surface area contributed by atoms with Crippen LogP contribution in [0.1, 0.15) is 27.2 Å². The lowest BCUT2D eigenvalue weighted by molar-refractivity contribution is -0.141. The van der Waals surface area contributed by atoms with E-state index in [1.165, 1.54) is 13.4 Å². The molecule has 1 aromatic heterocycles. The molecule has 0 spiro atoms. The SMILES string of the molecule is CCNc1ncnc(NC(CC(C)C)C(=O)OC)c1Br. The molecule has 0 aromatic carbocycles. The van der Waals surface area contributed by atoms with Crippen LogP contribution in [0.3, 0.4) is 0 Å². The van der Waals surface area contributed by atoms with Gasteiger partial charge in [-0.1, -0.05) is 13.8 Å². The predicted octanol–water partition coefficient (Wildman–Crippen LogP) is 2.67. The number of hydrogen-bond acceptors (Lipinski definition) is 6. The summed E-state index contributed by atoms with van der Waals surface area (Å²) in [5.74, 6) is 1.33. The number of ether oxygens (including phenoxy) is 1. The smallest absolute Gasteiger partial charge is 0.328 e.